The average molecular weight is 300 g/mol. The number of ether oxygens (including phenoxy) is 1. The molecule has 0 aromatic heterocycles. The molecule has 110 valence electrons. The summed E-state index contributed by atoms with van der Waals surface area (Å²) in [5.74, 6) is -2.75. The number of hydrogen-bond acceptors (Lipinski definition) is 2. The Morgan fingerprint density at radius 3 is 2.33 bits per heavy atom. The molecule has 0 amide bonds. The number of halogens is 4. The summed E-state index contributed by atoms with van der Waals surface area (Å²) in [7, 11) is 0. The molecule has 2 aromatic carbocycles. The second-order valence-corrected chi connectivity index (χ2v) is 4.04. The maximum absolute atomic E-state index is 13.3. The molecule has 0 unspecified atom stereocenters. The van der Waals surface area contributed by atoms with Gasteiger partial charge in [-0.15, -0.1) is 13.2 Å². The summed E-state index contributed by atoms with van der Waals surface area (Å²) in [4.78, 5) is 11.1. The van der Waals surface area contributed by atoms with E-state index in [1.165, 1.54) is 18.2 Å². The third kappa shape index (κ3) is 3.50. The lowest BCUT2D eigenvalue weighted by molar-refractivity contribution is -0.274. The van der Waals surface area contributed by atoms with Crippen molar-refractivity contribution >= 4 is 5.97 Å². The molecule has 21 heavy (non-hydrogen) atoms. The van der Waals surface area contributed by atoms with Gasteiger partial charge < -0.3 is 9.84 Å². The van der Waals surface area contributed by atoms with E-state index in [1.54, 1.807) is 0 Å². The summed E-state index contributed by atoms with van der Waals surface area (Å²) in [6.45, 7) is 0. The van der Waals surface area contributed by atoms with Gasteiger partial charge in [-0.25, -0.2) is 9.18 Å². The van der Waals surface area contributed by atoms with Crippen molar-refractivity contribution < 1.29 is 32.2 Å². The number of alkyl halides is 3. The Labute approximate surface area is 116 Å². The Morgan fingerprint density at radius 1 is 1.05 bits per heavy atom. The van der Waals surface area contributed by atoms with Crippen LogP contribution in [-0.4, -0.2) is 17.4 Å². The summed E-state index contributed by atoms with van der Waals surface area (Å²) in [6, 6.07) is 7.70. The Morgan fingerprint density at radius 2 is 1.71 bits per heavy atom. The highest BCUT2D eigenvalue weighted by atomic mass is 19.4. The van der Waals surface area contributed by atoms with Crippen LogP contribution in [-0.2, 0) is 0 Å². The van der Waals surface area contributed by atoms with Gasteiger partial charge in [0.2, 0.25) is 0 Å². The molecule has 0 radical (unpaired) electrons. The topological polar surface area (TPSA) is 46.5 Å². The largest absolute Gasteiger partial charge is 0.573 e. The van der Waals surface area contributed by atoms with E-state index in [0.717, 1.165) is 24.3 Å². The second kappa shape index (κ2) is 5.43. The second-order valence-electron chi connectivity index (χ2n) is 4.04. The lowest BCUT2D eigenvalue weighted by Crippen LogP contribution is -2.17. The first-order chi connectivity index (χ1) is 9.78. The molecule has 2 aromatic rings. The molecule has 2 rings (SSSR count). The maximum Gasteiger partial charge on any atom is 0.573 e. The van der Waals surface area contributed by atoms with Gasteiger partial charge in [0, 0.05) is 11.1 Å². The van der Waals surface area contributed by atoms with Crippen molar-refractivity contribution in [2.75, 3.05) is 0 Å². The molecule has 0 heterocycles. The van der Waals surface area contributed by atoms with Crippen LogP contribution in [0.15, 0.2) is 42.5 Å². The molecular formula is C14H8F4O3. The van der Waals surface area contributed by atoms with Crippen LogP contribution in [0.25, 0.3) is 11.1 Å². The standard InChI is InChI=1S/C14H8F4O3/c15-8-5-6-10(13(19)20)11(7-8)9-3-1-2-4-12(9)21-14(16,17)18/h1-7H,(H,19,20). The number of rotatable bonds is 3. The minimum absolute atomic E-state index is 0.160. The number of aromatic carboxylic acids is 1. The van der Waals surface area contributed by atoms with E-state index < -0.39 is 23.9 Å². The molecule has 0 aliphatic carbocycles. The monoisotopic (exact) mass is 300 g/mol. The SMILES string of the molecule is O=C(O)c1ccc(F)cc1-c1ccccc1OC(F)(F)F. The van der Waals surface area contributed by atoms with Crippen LogP contribution in [0.1, 0.15) is 10.4 Å². The van der Waals surface area contributed by atoms with E-state index >= 15 is 0 Å². The predicted octanol–water partition coefficient (Wildman–Crippen LogP) is 4.09. The molecule has 0 spiro atoms. The van der Waals surface area contributed by atoms with Crippen molar-refractivity contribution in [2.24, 2.45) is 0 Å². The van der Waals surface area contributed by atoms with Crippen molar-refractivity contribution in [3.05, 3.63) is 53.8 Å². The van der Waals surface area contributed by atoms with Crippen LogP contribution >= 0.6 is 0 Å². The van der Waals surface area contributed by atoms with Crippen LogP contribution in [0.3, 0.4) is 0 Å². The average Bonchev–Trinajstić information content (AvgIpc) is 2.37. The molecule has 7 heteroatoms. The van der Waals surface area contributed by atoms with Crippen molar-refractivity contribution in [3.63, 3.8) is 0 Å². The number of para-hydroxylation sites is 1. The number of carboxylic acid groups (broad SMARTS) is 1. The fraction of sp³-hybridized carbons (Fsp3) is 0.0714. The number of hydrogen-bond donors (Lipinski definition) is 1. The molecule has 3 nitrogen and oxygen atoms in total. The summed E-state index contributed by atoms with van der Waals surface area (Å²) in [6.07, 6.45) is -4.94. The highest BCUT2D eigenvalue weighted by Crippen LogP contribution is 2.35. The first-order valence-corrected chi connectivity index (χ1v) is 5.66. The predicted molar refractivity (Wildman–Crippen MR) is 65.5 cm³/mol. The van der Waals surface area contributed by atoms with Gasteiger partial charge in [0.15, 0.2) is 0 Å². The normalized spacial score (nSPS) is 11.2. The fourth-order valence-electron chi connectivity index (χ4n) is 1.83. The van der Waals surface area contributed by atoms with Gasteiger partial charge in [-0.2, -0.15) is 0 Å². The van der Waals surface area contributed by atoms with Crippen molar-refractivity contribution in [3.8, 4) is 16.9 Å². The van der Waals surface area contributed by atoms with E-state index in [9.17, 15) is 22.4 Å². The van der Waals surface area contributed by atoms with E-state index in [1.807, 2.05) is 0 Å². The quantitative estimate of drug-likeness (QED) is 0.868. The van der Waals surface area contributed by atoms with E-state index in [0.29, 0.717) is 0 Å². The van der Waals surface area contributed by atoms with Crippen LogP contribution in [0.4, 0.5) is 17.6 Å². The highest BCUT2D eigenvalue weighted by Gasteiger charge is 2.32. The first kappa shape index (κ1) is 14.8. The van der Waals surface area contributed by atoms with Crippen molar-refractivity contribution in [1.82, 2.24) is 0 Å². The summed E-state index contributed by atoms with van der Waals surface area (Å²) in [5.41, 5.74) is -0.677. The van der Waals surface area contributed by atoms with Crippen LogP contribution in [0.5, 0.6) is 5.75 Å². The minimum Gasteiger partial charge on any atom is -0.478 e. The Balaban J connectivity index is 2.62. The molecule has 0 saturated heterocycles. The van der Waals surface area contributed by atoms with Crippen LogP contribution in [0.2, 0.25) is 0 Å². The van der Waals surface area contributed by atoms with E-state index in [2.05, 4.69) is 4.74 Å². The molecule has 1 N–H and O–H groups in total. The van der Waals surface area contributed by atoms with Crippen LogP contribution in [0, 0.1) is 5.82 Å². The third-order valence-electron chi connectivity index (χ3n) is 2.61. The zero-order chi connectivity index (χ0) is 15.6. The zero-order valence-electron chi connectivity index (χ0n) is 10.3. The molecular weight excluding hydrogens is 292 g/mol. The molecule has 0 saturated carbocycles. The Bertz CT molecular complexity index is 680. The van der Waals surface area contributed by atoms with Gasteiger partial charge in [-0.3, -0.25) is 0 Å². The molecule has 0 aliphatic rings. The third-order valence-corrected chi connectivity index (χ3v) is 2.61. The lowest BCUT2D eigenvalue weighted by Gasteiger charge is -2.14. The summed E-state index contributed by atoms with van der Waals surface area (Å²) < 4.78 is 54.2. The van der Waals surface area contributed by atoms with E-state index in [-0.39, 0.29) is 16.7 Å². The molecule has 0 aliphatic heterocycles. The van der Waals surface area contributed by atoms with Gasteiger partial charge in [-0.05, 0) is 24.3 Å². The molecule has 0 bridgehead atoms. The smallest absolute Gasteiger partial charge is 0.478 e. The van der Waals surface area contributed by atoms with Crippen molar-refractivity contribution in [1.29, 1.82) is 0 Å². The van der Waals surface area contributed by atoms with Gasteiger partial charge in [0.05, 0.1) is 5.56 Å². The Hall–Kier alpha value is -2.57. The van der Waals surface area contributed by atoms with Gasteiger partial charge in [0.1, 0.15) is 11.6 Å². The van der Waals surface area contributed by atoms with Gasteiger partial charge in [0.25, 0.3) is 0 Å². The Kier molecular flexibility index (Phi) is 3.84. The molecule has 0 fully saturated rings. The molecule has 0 atom stereocenters. The van der Waals surface area contributed by atoms with Crippen molar-refractivity contribution in [2.45, 2.75) is 6.36 Å². The highest BCUT2D eigenvalue weighted by molar-refractivity contribution is 5.96. The summed E-state index contributed by atoms with van der Waals surface area (Å²) >= 11 is 0. The lowest BCUT2D eigenvalue weighted by atomic mass is 9.98. The van der Waals surface area contributed by atoms with E-state index in [4.69, 9.17) is 5.11 Å². The van der Waals surface area contributed by atoms with Crippen LogP contribution < -0.4 is 4.74 Å². The maximum atomic E-state index is 13.3. The van der Waals surface area contributed by atoms with Gasteiger partial charge in [-0.1, -0.05) is 18.2 Å². The first-order valence-electron chi connectivity index (χ1n) is 5.66. The number of carboxylic acids is 1. The minimum atomic E-state index is -4.94. The fourth-order valence-corrected chi connectivity index (χ4v) is 1.83. The van der Waals surface area contributed by atoms with Gasteiger partial charge >= 0.3 is 12.3 Å². The number of carbonyl (C=O) groups is 1. The zero-order valence-corrected chi connectivity index (χ0v) is 10.3. The summed E-state index contributed by atoms with van der Waals surface area (Å²) in [5, 5.41) is 9.06. The number of benzene rings is 2.